The van der Waals surface area contributed by atoms with Gasteiger partial charge in [0.25, 0.3) is 7.82 Å². The summed E-state index contributed by atoms with van der Waals surface area (Å²) >= 11 is 0. The van der Waals surface area contributed by atoms with Crippen LogP contribution in [0.25, 0.3) is 0 Å². The highest BCUT2D eigenvalue weighted by Gasteiger charge is 2.22. The zero-order valence-electron chi connectivity index (χ0n) is 52.4. The summed E-state index contributed by atoms with van der Waals surface area (Å²) in [5.41, 5.74) is 0. The predicted molar refractivity (Wildman–Crippen MR) is 350 cm³/mol. The summed E-state index contributed by atoms with van der Waals surface area (Å²) in [7, 11) is 1.12. The Kier molecular flexibility index (Phi) is 57.5. The van der Waals surface area contributed by atoms with Crippen LogP contribution < -0.4 is 4.89 Å². The van der Waals surface area contributed by atoms with E-state index >= 15 is 0 Å². The topological polar surface area (TPSA) is 111 Å². The number of unbranched alkanes of at least 4 members (excludes halogenated alkanes) is 14. The first-order valence-electron chi connectivity index (χ1n) is 31.8. The minimum absolute atomic E-state index is 0.0457. The standard InChI is InChI=1S/C72H116NO8P/c1-6-8-10-12-14-16-18-20-22-24-26-28-30-32-34-35-36-37-39-41-43-45-47-49-51-53-55-57-59-61-63-65-72(75)81-70(69-80-82(76,77)79-67-66-73(3,4)5)68-78-71(74)64-62-60-58-56-54-52-50-48-46-44-42-40-38-33-31-29-27-25-23-21-19-17-15-13-11-9-7-2/h8-11,14-17,20-23,26-29,32-34,36-38,41-44,48,50,70H,6-7,12-13,18-19,24-25,30-31,35,39-40,45-47,49,51-69H2,1-5H3/b10-8-,11-9-,16-14-,17-15-,22-20-,23-21-,28-26-,29-27-,34-32-,37-36-,38-33-,43-41-,44-42-,50-48-. The molecule has 0 bridgehead atoms. The first kappa shape index (κ1) is 77.4. The molecule has 2 unspecified atom stereocenters. The maximum absolute atomic E-state index is 12.8. The molecule has 0 rings (SSSR count). The van der Waals surface area contributed by atoms with Gasteiger partial charge in [-0.1, -0.05) is 248 Å². The van der Waals surface area contributed by atoms with Gasteiger partial charge in [0.05, 0.1) is 27.7 Å². The Morgan fingerprint density at radius 2 is 0.659 bits per heavy atom. The van der Waals surface area contributed by atoms with Gasteiger partial charge < -0.3 is 27.9 Å². The average Bonchev–Trinajstić information content (AvgIpc) is 3.46. The molecule has 0 aromatic carbocycles. The Balaban J connectivity index is 4.24. The molecule has 0 aromatic rings. The molecule has 0 radical (unpaired) electrons. The molecule has 9 nitrogen and oxygen atoms in total. The van der Waals surface area contributed by atoms with Gasteiger partial charge in [0, 0.05) is 12.8 Å². The lowest BCUT2D eigenvalue weighted by Crippen LogP contribution is -2.37. The molecule has 0 spiro atoms. The maximum Gasteiger partial charge on any atom is 0.306 e. The highest BCUT2D eigenvalue weighted by molar-refractivity contribution is 7.45. The summed E-state index contributed by atoms with van der Waals surface area (Å²) in [6.45, 7) is 3.96. The number of hydrogen-bond donors (Lipinski definition) is 0. The highest BCUT2D eigenvalue weighted by Crippen LogP contribution is 2.38. The van der Waals surface area contributed by atoms with Gasteiger partial charge >= 0.3 is 11.9 Å². The number of rotatable bonds is 56. The van der Waals surface area contributed by atoms with E-state index in [4.69, 9.17) is 18.5 Å². The monoisotopic (exact) mass is 1150 g/mol. The van der Waals surface area contributed by atoms with Gasteiger partial charge in [-0.15, -0.1) is 0 Å². The zero-order valence-corrected chi connectivity index (χ0v) is 53.3. The average molecular weight is 1150 g/mol. The van der Waals surface area contributed by atoms with Crippen LogP contribution in [0.2, 0.25) is 0 Å². The van der Waals surface area contributed by atoms with Crippen LogP contribution >= 0.6 is 7.82 Å². The van der Waals surface area contributed by atoms with Crippen molar-refractivity contribution < 1.29 is 42.1 Å². The first-order valence-corrected chi connectivity index (χ1v) is 33.3. The molecule has 0 saturated carbocycles. The minimum atomic E-state index is -4.66. The van der Waals surface area contributed by atoms with Crippen molar-refractivity contribution in [2.45, 2.75) is 225 Å². The van der Waals surface area contributed by atoms with E-state index in [-0.39, 0.29) is 26.1 Å². The first-order chi connectivity index (χ1) is 40.0. The van der Waals surface area contributed by atoms with Crippen LogP contribution in [-0.2, 0) is 32.7 Å². The molecule has 0 fully saturated rings. The highest BCUT2D eigenvalue weighted by atomic mass is 31.2. The molecule has 0 heterocycles. The van der Waals surface area contributed by atoms with Gasteiger partial charge in [-0.25, -0.2) is 0 Å². The van der Waals surface area contributed by atoms with Crippen molar-refractivity contribution in [2.75, 3.05) is 47.5 Å². The molecule has 2 atom stereocenters. The van der Waals surface area contributed by atoms with Crippen molar-refractivity contribution in [3.05, 3.63) is 170 Å². The van der Waals surface area contributed by atoms with Crippen molar-refractivity contribution in [2.24, 2.45) is 0 Å². The van der Waals surface area contributed by atoms with Crippen LogP contribution in [-0.4, -0.2) is 70.0 Å². The van der Waals surface area contributed by atoms with Gasteiger partial charge in [0.1, 0.15) is 19.8 Å². The second-order valence-corrected chi connectivity index (χ2v) is 23.1. The van der Waals surface area contributed by atoms with Gasteiger partial charge in [0.2, 0.25) is 0 Å². The molecule has 0 aliphatic carbocycles. The van der Waals surface area contributed by atoms with Crippen LogP contribution in [0.15, 0.2) is 170 Å². The lowest BCUT2D eigenvalue weighted by Gasteiger charge is -2.28. The van der Waals surface area contributed by atoms with E-state index in [0.717, 1.165) is 148 Å². The Bertz CT molecular complexity index is 1990. The predicted octanol–water partition coefficient (Wildman–Crippen LogP) is 20.0. The van der Waals surface area contributed by atoms with Crippen LogP contribution in [0.4, 0.5) is 0 Å². The molecular formula is C72H116NO8P. The van der Waals surface area contributed by atoms with Crippen LogP contribution in [0, 0.1) is 0 Å². The van der Waals surface area contributed by atoms with Crippen molar-refractivity contribution in [3.8, 4) is 0 Å². The van der Waals surface area contributed by atoms with Crippen molar-refractivity contribution in [3.63, 3.8) is 0 Å². The van der Waals surface area contributed by atoms with E-state index in [1.807, 2.05) is 21.1 Å². The number of quaternary nitrogens is 1. The quantitative estimate of drug-likeness (QED) is 0.0195. The molecular weight excluding hydrogens is 1040 g/mol. The zero-order chi connectivity index (χ0) is 59.8. The molecule has 462 valence electrons. The number of hydrogen-bond acceptors (Lipinski definition) is 8. The second kappa shape index (κ2) is 60.9. The lowest BCUT2D eigenvalue weighted by atomic mass is 10.1. The number of nitrogens with zero attached hydrogens (tertiary/aromatic N) is 1. The summed E-state index contributed by atoms with van der Waals surface area (Å²) in [6.07, 6.45) is 92.6. The van der Waals surface area contributed by atoms with E-state index in [0.29, 0.717) is 23.9 Å². The van der Waals surface area contributed by atoms with Crippen molar-refractivity contribution in [1.82, 2.24) is 0 Å². The number of phosphoric ester groups is 1. The van der Waals surface area contributed by atoms with E-state index in [1.165, 1.54) is 32.1 Å². The van der Waals surface area contributed by atoms with Crippen LogP contribution in [0.3, 0.4) is 0 Å². The third kappa shape index (κ3) is 64.5. The number of carbonyl (C=O) groups is 2. The summed E-state index contributed by atoms with van der Waals surface area (Å²) in [5.74, 6) is -0.876. The molecule has 0 saturated heterocycles. The second-order valence-electron chi connectivity index (χ2n) is 21.7. The van der Waals surface area contributed by atoms with Gasteiger partial charge in [-0.05, 0) is 128 Å². The fourth-order valence-electron chi connectivity index (χ4n) is 7.91. The van der Waals surface area contributed by atoms with Crippen molar-refractivity contribution >= 4 is 19.8 Å². The number of phosphoric acid groups is 1. The molecule has 0 aromatic heterocycles. The Labute approximate surface area is 502 Å². The number of carbonyl (C=O) groups excluding carboxylic acids is 2. The van der Waals surface area contributed by atoms with Gasteiger partial charge in [-0.3, -0.25) is 14.2 Å². The van der Waals surface area contributed by atoms with E-state index in [1.54, 1.807) is 0 Å². The summed E-state index contributed by atoms with van der Waals surface area (Å²) < 4.78 is 34.2. The number of ether oxygens (including phenoxy) is 2. The molecule has 0 N–H and O–H groups in total. The van der Waals surface area contributed by atoms with E-state index in [9.17, 15) is 19.0 Å². The Hall–Kier alpha value is -4.63. The minimum Gasteiger partial charge on any atom is -0.756 e. The Morgan fingerprint density at radius 3 is 0.976 bits per heavy atom. The van der Waals surface area contributed by atoms with E-state index < -0.39 is 32.5 Å². The fraction of sp³-hybridized carbons (Fsp3) is 0.583. The Morgan fingerprint density at radius 1 is 0.378 bits per heavy atom. The smallest absolute Gasteiger partial charge is 0.306 e. The molecule has 0 amide bonds. The lowest BCUT2D eigenvalue weighted by molar-refractivity contribution is -0.870. The van der Waals surface area contributed by atoms with Crippen LogP contribution in [0.5, 0.6) is 0 Å². The summed E-state index contributed by atoms with van der Waals surface area (Å²) in [4.78, 5) is 38.0. The van der Waals surface area contributed by atoms with Crippen LogP contribution in [0.1, 0.15) is 219 Å². The third-order valence-corrected chi connectivity index (χ3v) is 13.7. The summed E-state index contributed by atoms with van der Waals surface area (Å²) in [5, 5.41) is 0. The van der Waals surface area contributed by atoms with Gasteiger partial charge in [-0.2, -0.15) is 0 Å². The maximum atomic E-state index is 12.8. The molecule has 10 heteroatoms. The fourth-order valence-corrected chi connectivity index (χ4v) is 8.64. The van der Waals surface area contributed by atoms with Gasteiger partial charge in [0.15, 0.2) is 6.10 Å². The SMILES string of the molecule is CC/C=C\C/C=C\C/C=C\C/C=C\C/C=C\C/C=C\C/C=C\CCCCCCCCCCCC(=O)OC(COC(=O)CCCCCCC/C=C\C/C=C\C/C=C\C/C=C\C/C=C\C/C=C\C/C=C\CC)COP(=O)([O-])OCC[N+](C)(C)C. The summed E-state index contributed by atoms with van der Waals surface area (Å²) in [6, 6.07) is 0. The molecule has 0 aliphatic heterocycles. The number of esters is 2. The molecule has 0 aliphatic rings. The van der Waals surface area contributed by atoms with Crippen molar-refractivity contribution in [1.29, 1.82) is 0 Å². The number of likely N-dealkylation sites (N-methyl/N-ethyl adjacent to an activating group) is 1. The normalized spacial score (nSPS) is 14.4. The largest absolute Gasteiger partial charge is 0.756 e. The number of allylic oxidation sites excluding steroid dienone is 28. The third-order valence-electron chi connectivity index (χ3n) is 12.7. The molecule has 82 heavy (non-hydrogen) atoms. The van der Waals surface area contributed by atoms with E-state index in [2.05, 4.69) is 184 Å².